The minimum Gasteiger partial charge on any atom is -0.354 e. The van der Waals surface area contributed by atoms with Crippen molar-refractivity contribution in [3.8, 4) is 0 Å². The summed E-state index contributed by atoms with van der Waals surface area (Å²) in [6, 6.07) is 18.4. The average Bonchev–Trinajstić information content (AvgIpc) is 2.79. The van der Waals surface area contributed by atoms with Crippen LogP contribution in [0.5, 0.6) is 0 Å². The fourth-order valence-electron chi connectivity index (χ4n) is 3.68. The van der Waals surface area contributed by atoms with Crippen LogP contribution in [-0.2, 0) is 11.3 Å². The zero-order valence-electron chi connectivity index (χ0n) is 17.1. The highest BCUT2D eigenvalue weighted by Crippen LogP contribution is 2.34. The van der Waals surface area contributed by atoms with Gasteiger partial charge in [0.25, 0.3) is 0 Å². The molecule has 1 fully saturated rings. The number of rotatable bonds is 6. The van der Waals surface area contributed by atoms with Gasteiger partial charge in [0.15, 0.2) is 5.82 Å². The zero-order valence-corrected chi connectivity index (χ0v) is 17.9. The summed E-state index contributed by atoms with van der Waals surface area (Å²) < 4.78 is 0. The van der Waals surface area contributed by atoms with Crippen molar-refractivity contribution in [2.45, 2.75) is 36.2 Å². The Kier molecular flexibility index (Phi) is 6.64. The molecule has 0 unspecified atom stereocenters. The van der Waals surface area contributed by atoms with Gasteiger partial charge in [-0.2, -0.15) is 0 Å². The second-order valence-electron chi connectivity index (χ2n) is 7.57. The van der Waals surface area contributed by atoms with Crippen molar-refractivity contribution in [3.63, 3.8) is 0 Å². The monoisotopic (exact) mass is 418 g/mol. The summed E-state index contributed by atoms with van der Waals surface area (Å²) in [5, 5.41) is 4.00. The van der Waals surface area contributed by atoms with Crippen LogP contribution >= 0.6 is 11.8 Å². The normalized spacial score (nSPS) is 14.5. The standard InChI is InChI=1S/C24H26N4OS/c1-18-6-5-9-21(16-18)30-24-22(25-12-13-26-24)28-14-10-20(11-15-28)23(29)27-17-19-7-3-2-4-8-19/h2-9,12-13,16,20H,10-11,14-15,17H2,1H3,(H,27,29). The Labute approximate surface area is 181 Å². The average molecular weight is 419 g/mol. The first-order chi connectivity index (χ1) is 14.7. The summed E-state index contributed by atoms with van der Waals surface area (Å²) in [5.74, 6) is 1.11. The molecular weight excluding hydrogens is 392 g/mol. The molecule has 0 saturated carbocycles. The molecule has 1 aromatic heterocycles. The van der Waals surface area contributed by atoms with Crippen LogP contribution in [0.15, 0.2) is 76.9 Å². The fraction of sp³-hybridized carbons (Fsp3) is 0.292. The van der Waals surface area contributed by atoms with Crippen molar-refractivity contribution in [3.05, 3.63) is 78.1 Å². The molecule has 1 aliphatic heterocycles. The summed E-state index contributed by atoms with van der Waals surface area (Å²) in [4.78, 5) is 25.2. The number of amides is 1. The van der Waals surface area contributed by atoms with E-state index in [1.807, 2.05) is 30.3 Å². The van der Waals surface area contributed by atoms with Crippen molar-refractivity contribution < 1.29 is 4.79 Å². The van der Waals surface area contributed by atoms with E-state index in [1.165, 1.54) is 5.56 Å². The van der Waals surface area contributed by atoms with Gasteiger partial charge in [0.05, 0.1) is 0 Å². The highest BCUT2D eigenvalue weighted by Gasteiger charge is 2.27. The van der Waals surface area contributed by atoms with Gasteiger partial charge >= 0.3 is 0 Å². The van der Waals surface area contributed by atoms with E-state index in [2.05, 4.69) is 51.4 Å². The maximum Gasteiger partial charge on any atom is 0.223 e. The number of benzene rings is 2. The molecule has 1 amide bonds. The van der Waals surface area contributed by atoms with E-state index in [9.17, 15) is 4.79 Å². The van der Waals surface area contributed by atoms with Crippen molar-refractivity contribution in [1.82, 2.24) is 15.3 Å². The predicted octanol–water partition coefficient (Wildman–Crippen LogP) is 4.47. The molecule has 3 aromatic rings. The summed E-state index contributed by atoms with van der Waals surface area (Å²) in [5.41, 5.74) is 2.36. The minimum absolute atomic E-state index is 0.0505. The molecule has 0 aliphatic carbocycles. The highest BCUT2D eigenvalue weighted by atomic mass is 32.2. The number of nitrogens with zero attached hydrogens (tertiary/aromatic N) is 3. The molecular formula is C24H26N4OS. The van der Waals surface area contributed by atoms with Gasteiger partial charge in [-0.3, -0.25) is 4.79 Å². The second kappa shape index (κ2) is 9.76. The predicted molar refractivity (Wildman–Crippen MR) is 121 cm³/mol. The highest BCUT2D eigenvalue weighted by molar-refractivity contribution is 7.99. The minimum atomic E-state index is 0.0505. The van der Waals surface area contributed by atoms with Crippen molar-refractivity contribution in [2.75, 3.05) is 18.0 Å². The van der Waals surface area contributed by atoms with Crippen molar-refractivity contribution in [2.24, 2.45) is 5.92 Å². The molecule has 0 radical (unpaired) electrons. The van der Waals surface area contributed by atoms with Gasteiger partial charge in [-0.15, -0.1) is 0 Å². The number of carbonyl (C=O) groups is 1. The molecule has 0 spiro atoms. The van der Waals surface area contributed by atoms with E-state index in [0.717, 1.165) is 47.2 Å². The second-order valence-corrected chi connectivity index (χ2v) is 8.63. The van der Waals surface area contributed by atoms with Crippen LogP contribution in [0.25, 0.3) is 0 Å². The lowest BCUT2D eigenvalue weighted by Gasteiger charge is -2.32. The van der Waals surface area contributed by atoms with Gasteiger partial charge in [0.1, 0.15) is 5.03 Å². The molecule has 154 valence electrons. The lowest BCUT2D eigenvalue weighted by atomic mass is 9.96. The van der Waals surface area contributed by atoms with E-state index >= 15 is 0 Å². The van der Waals surface area contributed by atoms with Crippen LogP contribution in [0, 0.1) is 12.8 Å². The molecule has 2 aromatic carbocycles. The third-order valence-electron chi connectivity index (χ3n) is 5.33. The van der Waals surface area contributed by atoms with Crippen LogP contribution in [0.3, 0.4) is 0 Å². The van der Waals surface area contributed by atoms with Gasteiger partial charge in [-0.1, -0.05) is 59.8 Å². The summed E-state index contributed by atoms with van der Waals surface area (Å²) in [6.07, 6.45) is 5.14. The SMILES string of the molecule is Cc1cccc(Sc2nccnc2N2CCC(C(=O)NCc3ccccc3)CC2)c1. The summed E-state index contributed by atoms with van der Waals surface area (Å²) >= 11 is 1.64. The number of hydrogen-bond acceptors (Lipinski definition) is 5. The van der Waals surface area contributed by atoms with Crippen molar-refractivity contribution in [1.29, 1.82) is 0 Å². The van der Waals surface area contributed by atoms with Crippen LogP contribution < -0.4 is 10.2 Å². The van der Waals surface area contributed by atoms with Gasteiger partial charge < -0.3 is 10.2 Å². The van der Waals surface area contributed by atoms with Crippen LogP contribution in [0.2, 0.25) is 0 Å². The molecule has 0 bridgehead atoms. The first-order valence-electron chi connectivity index (χ1n) is 10.3. The van der Waals surface area contributed by atoms with Crippen LogP contribution in [-0.4, -0.2) is 29.0 Å². The largest absolute Gasteiger partial charge is 0.354 e. The first kappa shape index (κ1) is 20.4. The third kappa shape index (κ3) is 5.19. The van der Waals surface area contributed by atoms with E-state index in [4.69, 9.17) is 0 Å². The van der Waals surface area contributed by atoms with E-state index in [1.54, 1.807) is 24.2 Å². The topological polar surface area (TPSA) is 58.1 Å². The zero-order chi connectivity index (χ0) is 20.8. The number of piperidine rings is 1. The van der Waals surface area contributed by atoms with Crippen LogP contribution in [0.4, 0.5) is 5.82 Å². The number of hydrogen-bond donors (Lipinski definition) is 1. The molecule has 4 rings (SSSR count). The van der Waals surface area contributed by atoms with E-state index in [-0.39, 0.29) is 11.8 Å². The van der Waals surface area contributed by atoms with Gasteiger partial charge in [0, 0.05) is 42.8 Å². The Balaban J connectivity index is 1.35. The van der Waals surface area contributed by atoms with Crippen LogP contribution in [0.1, 0.15) is 24.0 Å². The van der Waals surface area contributed by atoms with Gasteiger partial charge in [0.2, 0.25) is 5.91 Å². The lowest BCUT2D eigenvalue weighted by Crippen LogP contribution is -2.41. The number of aromatic nitrogens is 2. The molecule has 6 heteroatoms. The van der Waals surface area contributed by atoms with E-state index < -0.39 is 0 Å². The molecule has 30 heavy (non-hydrogen) atoms. The Bertz CT molecular complexity index is 987. The Morgan fingerprint density at radius 1 is 1.07 bits per heavy atom. The molecule has 1 saturated heterocycles. The smallest absolute Gasteiger partial charge is 0.223 e. The first-order valence-corrected chi connectivity index (χ1v) is 11.1. The maximum atomic E-state index is 12.6. The Morgan fingerprint density at radius 3 is 2.60 bits per heavy atom. The van der Waals surface area contributed by atoms with Crippen molar-refractivity contribution >= 4 is 23.5 Å². The lowest BCUT2D eigenvalue weighted by molar-refractivity contribution is -0.125. The number of carbonyl (C=O) groups excluding carboxylic acids is 1. The summed E-state index contributed by atoms with van der Waals surface area (Å²) in [7, 11) is 0. The number of aryl methyl sites for hydroxylation is 1. The van der Waals surface area contributed by atoms with Gasteiger partial charge in [-0.05, 0) is 37.5 Å². The molecule has 0 atom stereocenters. The number of anilines is 1. The Hall–Kier alpha value is -2.86. The maximum absolute atomic E-state index is 12.6. The van der Waals surface area contributed by atoms with Gasteiger partial charge in [-0.25, -0.2) is 9.97 Å². The molecule has 5 nitrogen and oxygen atoms in total. The fourth-order valence-corrected chi connectivity index (χ4v) is 4.68. The Morgan fingerprint density at radius 2 is 1.83 bits per heavy atom. The number of nitrogens with one attached hydrogen (secondary N) is 1. The molecule has 2 heterocycles. The summed E-state index contributed by atoms with van der Waals surface area (Å²) in [6.45, 7) is 4.30. The van der Waals surface area contributed by atoms with E-state index in [0.29, 0.717) is 6.54 Å². The molecule has 1 N–H and O–H groups in total. The molecule has 1 aliphatic rings. The third-order valence-corrected chi connectivity index (χ3v) is 6.30. The quantitative estimate of drug-likeness (QED) is 0.640.